The van der Waals surface area contributed by atoms with Crippen LogP contribution in [0.2, 0.25) is 0 Å². The molecule has 4 rings (SSSR count). The van der Waals surface area contributed by atoms with Crippen molar-refractivity contribution in [2.45, 2.75) is 43.8 Å². The fourth-order valence-corrected chi connectivity index (χ4v) is 3.38. The van der Waals surface area contributed by atoms with Crippen molar-refractivity contribution < 1.29 is 18.7 Å². The molecule has 2 heterocycles. The highest BCUT2D eigenvalue weighted by Gasteiger charge is 2.34. The Labute approximate surface area is 152 Å². The molecular weight excluding hydrogens is 332 g/mol. The molecule has 1 amide bonds. The second-order valence-electron chi connectivity index (χ2n) is 6.85. The third kappa shape index (κ3) is 4.08. The predicted octanol–water partition coefficient (Wildman–Crippen LogP) is 3.10. The van der Waals surface area contributed by atoms with Crippen LogP contribution in [0, 0.1) is 0 Å². The van der Waals surface area contributed by atoms with E-state index in [1.54, 1.807) is 12.1 Å². The minimum Gasteiger partial charge on any atom is -0.426 e. The number of rotatable bonds is 6. The second-order valence-corrected chi connectivity index (χ2v) is 6.85. The molecule has 1 aliphatic carbocycles. The number of furan rings is 1. The molecule has 2 fully saturated rings. The van der Waals surface area contributed by atoms with E-state index in [9.17, 15) is 4.79 Å². The number of benzene rings is 1. The summed E-state index contributed by atoms with van der Waals surface area (Å²) >= 11 is 0. The standard InChI is InChI=1S/C20H24N2O4/c23-20(18-8-9-19(26-18)25-15-4-2-1-3-5-15)22-17-7-6-16(17)21-14-10-12-24-13-11-14/h1-5,8-9,14,16-17,21H,6-7,10-13H2,(H,22,23)/t16-,17+/m1/s1. The molecule has 0 spiro atoms. The van der Waals surface area contributed by atoms with Gasteiger partial charge in [-0.1, -0.05) is 18.2 Å². The Kier molecular flexibility index (Phi) is 5.22. The van der Waals surface area contributed by atoms with Gasteiger partial charge < -0.3 is 24.5 Å². The smallest absolute Gasteiger partial charge is 0.290 e. The van der Waals surface area contributed by atoms with Crippen LogP contribution in [0.1, 0.15) is 36.2 Å². The van der Waals surface area contributed by atoms with Gasteiger partial charge in [-0.2, -0.15) is 0 Å². The van der Waals surface area contributed by atoms with E-state index in [1.165, 1.54) is 0 Å². The van der Waals surface area contributed by atoms with E-state index in [-0.39, 0.29) is 17.7 Å². The Balaban J connectivity index is 1.29. The Morgan fingerprint density at radius 1 is 0.962 bits per heavy atom. The number of carbonyl (C=O) groups excluding carboxylic acids is 1. The van der Waals surface area contributed by atoms with Crippen molar-refractivity contribution in [3.63, 3.8) is 0 Å². The van der Waals surface area contributed by atoms with Gasteiger partial charge >= 0.3 is 0 Å². The van der Waals surface area contributed by atoms with Crippen molar-refractivity contribution in [2.24, 2.45) is 0 Å². The van der Waals surface area contributed by atoms with Crippen LogP contribution in [-0.2, 0) is 4.74 Å². The van der Waals surface area contributed by atoms with Crippen molar-refractivity contribution in [3.05, 3.63) is 48.2 Å². The minimum atomic E-state index is -0.198. The van der Waals surface area contributed by atoms with E-state index in [0.717, 1.165) is 38.9 Å². The van der Waals surface area contributed by atoms with Crippen LogP contribution in [-0.4, -0.2) is 37.2 Å². The van der Waals surface area contributed by atoms with Gasteiger partial charge in [0, 0.05) is 37.4 Å². The molecule has 138 valence electrons. The predicted molar refractivity (Wildman–Crippen MR) is 96.5 cm³/mol. The molecule has 6 heteroatoms. The first-order chi connectivity index (χ1) is 12.8. The first kappa shape index (κ1) is 17.1. The summed E-state index contributed by atoms with van der Waals surface area (Å²) < 4.78 is 16.5. The van der Waals surface area contributed by atoms with E-state index in [1.807, 2.05) is 30.3 Å². The van der Waals surface area contributed by atoms with Crippen molar-refractivity contribution >= 4 is 5.91 Å². The van der Waals surface area contributed by atoms with Crippen LogP contribution in [0.15, 0.2) is 46.9 Å². The topological polar surface area (TPSA) is 72.7 Å². The number of hydrogen-bond donors (Lipinski definition) is 2. The Morgan fingerprint density at radius 2 is 1.73 bits per heavy atom. The molecule has 2 aliphatic rings. The van der Waals surface area contributed by atoms with Crippen molar-refractivity contribution in [1.29, 1.82) is 0 Å². The maximum atomic E-state index is 12.4. The lowest BCUT2D eigenvalue weighted by molar-refractivity contribution is 0.0647. The quantitative estimate of drug-likeness (QED) is 0.832. The van der Waals surface area contributed by atoms with Crippen molar-refractivity contribution in [2.75, 3.05) is 13.2 Å². The van der Waals surface area contributed by atoms with Gasteiger partial charge in [-0.15, -0.1) is 0 Å². The van der Waals surface area contributed by atoms with Gasteiger partial charge in [0.2, 0.25) is 0 Å². The summed E-state index contributed by atoms with van der Waals surface area (Å²) in [6.07, 6.45) is 4.15. The molecule has 1 aliphatic heterocycles. The molecule has 2 atom stereocenters. The normalized spacial score (nSPS) is 23.2. The molecule has 1 aromatic carbocycles. The zero-order valence-electron chi connectivity index (χ0n) is 14.6. The van der Waals surface area contributed by atoms with Crippen LogP contribution in [0.5, 0.6) is 11.7 Å². The number of hydrogen-bond acceptors (Lipinski definition) is 5. The van der Waals surface area contributed by atoms with Crippen molar-refractivity contribution in [1.82, 2.24) is 10.6 Å². The van der Waals surface area contributed by atoms with E-state index in [4.69, 9.17) is 13.9 Å². The van der Waals surface area contributed by atoms with Crippen LogP contribution in [0.4, 0.5) is 0 Å². The van der Waals surface area contributed by atoms with Gasteiger partial charge in [-0.3, -0.25) is 4.79 Å². The average molecular weight is 356 g/mol. The molecule has 26 heavy (non-hydrogen) atoms. The highest BCUT2D eigenvalue weighted by molar-refractivity contribution is 5.91. The summed E-state index contributed by atoms with van der Waals surface area (Å²) in [7, 11) is 0. The highest BCUT2D eigenvalue weighted by atomic mass is 16.6. The summed E-state index contributed by atoms with van der Waals surface area (Å²) in [5.41, 5.74) is 0. The summed E-state index contributed by atoms with van der Waals surface area (Å²) in [5.74, 6) is 1.06. The van der Waals surface area contributed by atoms with Gasteiger partial charge in [0.15, 0.2) is 5.76 Å². The molecule has 1 aromatic heterocycles. The van der Waals surface area contributed by atoms with Crippen LogP contribution in [0.25, 0.3) is 0 Å². The molecule has 6 nitrogen and oxygen atoms in total. The number of amides is 1. The summed E-state index contributed by atoms with van der Waals surface area (Å²) in [6.45, 7) is 1.63. The average Bonchev–Trinajstić information content (AvgIpc) is 3.13. The molecule has 2 N–H and O–H groups in total. The first-order valence-corrected chi connectivity index (χ1v) is 9.25. The lowest BCUT2D eigenvalue weighted by atomic mass is 9.85. The maximum Gasteiger partial charge on any atom is 0.290 e. The fraction of sp³-hybridized carbons (Fsp3) is 0.450. The maximum absolute atomic E-state index is 12.4. The monoisotopic (exact) mass is 356 g/mol. The van der Waals surface area contributed by atoms with Gasteiger partial charge in [0.1, 0.15) is 5.75 Å². The molecule has 0 bridgehead atoms. The minimum absolute atomic E-state index is 0.147. The van der Waals surface area contributed by atoms with Crippen LogP contribution in [0.3, 0.4) is 0 Å². The fourth-order valence-electron chi connectivity index (χ4n) is 3.38. The van der Waals surface area contributed by atoms with Gasteiger partial charge in [0.25, 0.3) is 11.9 Å². The zero-order chi connectivity index (χ0) is 17.8. The van der Waals surface area contributed by atoms with Crippen molar-refractivity contribution in [3.8, 4) is 11.7 Å². The lowest BCUT2D eigenvalue weighted by Crippen LogP contribution is -2.59. The zero-order valence-corrected chi connectivity index (χ0v) is 14.6. The van der Waals surface area contributed by atoms with Gasteiger partial charge in [-0.05, 0) is 43.9 Å². The number of para-hydroxylation sites is 1. The summed E-state index contributed by atoms with van der Waals surface area (Å²) in [5, 5.41) is 6.72. The lowest BCUT2D eigenvalue weighted by Gasteiger charge is -2.40. The second kappa shape index (κ2) is 7.93. The Hall–Kier alpha value is -2.31. The van der Waals surface area contributed by atoms with E-state index >= 15 is 0 Å². The molecule has 0 radical (unpaired) electrons. The Bertz CT molecular complexity index is 724. The SMILES string of the molecule is O=C(N[C@H]1CC[C@H]1NC1CCOCC1)c1ccc(Oc2ccccc2)o1. The number of ether oxygens (including phenoxy) is 2. The van der Waals surface area contributed by atoms with E-state index < -0.39 is 0 Å². The van der Waals surface area contributed by atoms with E-state index in [0.29, 0.717) is 23.8 Å². The number of carbonyl (C=O) groups is 1. The largest absolute Gasteiger partial charge is 0.426 e. The number of nitrogens with one attached hydrogen (secondary N) is 2. The van der Waals surface area contributed by atoms with Gasteiger partial charge in [0.05, 0.1) is 0 Å². The molecule has 2 aromatic rings. The summed E-state index contributed by atoms with van der Waals surface area (Å²) in [4.78, 5) is 12.4. The molecular formula is C20H24N2O4. The van der Waals surface area contributed by atoms with Crippen LogP contribution < -0.4 is 15.4 Å². The highest BCUT2D eigenvalue weighted by Crippen LogP contribution is 2.25. The van der Waals surface area contributed by atoms with Crippen LogP contribution >= 0.6 is 0 Å². The van der Waals surface area contributed by atoms with Gasteiger partial charge in [-0.25, -0.2) is 0 Å². The third-order valence-corrected chi connectivity index (χ3v) is 5.03. The molecule has 1 saturated heterocycles. The Morgan fingerprint density at radius 3 is 2.46 bits per heavy atom. The first-order valence-electron chi connectivity index (χ1n) is 9.25. The molecule has 0 unspecified atom stereocenters. The third-order valence-electron chi connectivity index (χ3n) is 5.03. The molecule has 1 saturated carbocycles. The van der Waals surface area contributed by atoms with E-state index in [2.05, 4.69) is 10.6 Å². The summed E-state index contributed by atoms with van der Waals surface area (Å²) in [6, 6.07) is 13.6.